The number of alkyl halides is 3. The lowest BCUT2D eigenvalue weighted by atomic mass is 10.1. The van der Waals surface area contributed by atoms with Crippen molar-refractivity contribution in [1.29, 1.82) is 0 Å². The van der Waals surface area contributed by atoms with Crippen molar-refractivity contribution in [3.63, 3.8) is 0 Å². The molecule has 3 nitrogen and oxygen atoms in total. The molecule has 6 heteroatoms. The number of aromatic nitrogens is 3. The second-order valence-corrected chi connectivity index (χ2v) is 3.31. The van der Waals surface area contributed by atoms with Gasteiger partial charge in [0.25, 0.3) is 0 Å². The lowest BCUT2D eigenvalue weighted by molar-refractivity contribution is -0.141. The number of pyridine rings is 1. The first-order valence-electron chi connectivity index (χ1n) is 4.52. The summed E-state index contributed by atoms with van der Waals surface area (Å²) in [5.41, 5.74) is 0.853. The van der Waals surface area contributed by atoms with Crippen LogP contribution in [0.25, 0.3) is 11.1 Å². The quantitative estimate of drug-likeness (QED) is 0.813. The number of aromatic amines is 1. The Kier molecular flexibility index (Phi) is 2.41. The number of hydrogen-bond acceptors (Lipinski definition) is 2. The van der Waals surface area contributed by atoms with E-state index in [1.807, 2.05) is 0 Å². The molecule has 0 spiro atoms. The molecule has 1 N–H and O–H groups in total. The van der Waals surface area contributed by atoms with Crippen molar-refractivity contribution in [1.82, 2.24) is 15.2 Å². The summed E-state index contributed by atoms with van der Waals surface area (Å²) in [6.45, 7) is 1.72. The molecule has 16 heavy (non-hydrogen) atoms. The first kappa shape index (κ1) is 10.7. The molecule has 0 atom stereocenters. The first-order chi connectivity index (χ1) is 7.48. The van der Waals surface area contributed by atoms with Gasteiger partial charge in [-0.25, -0.2) is 0 Å². The van der Waals surface area contributed by atoms with Crippen LogP contribution in [-0.2, 0) is 6.18 Å². The Bertz CT molecular complexity index is 502. The van der Waals surface area contributed by atoms with Gasteiger partial charge in [-0.05, 0) is 24.6 Å². The van der Waals surface area contributed by atoms with E-state index in [0.29, 0.717) is 16.8 Å². The van der Waals surface area contributed by atoms with Crippen LogP contribution in [0.2, 0.25) is 0 Å². The third kappa shape index (κ3) is 1.91. The molecule has 0 aromatic carbocycles. The molecule has 84 valence electrons. The average Bonchev–Trinajstić information content (AvgIpc) is 2.63. The highest BCUT2D eigenvalue weighted by Crippen LogP contribution is 2.30. The van der Waals surface area contributed by atoms with Crippen molar-refractivity contribution in [2.24, 2.45) is 0 Å². The van der Waals surface area contributed by atoms with Gasteiger partial charge in [0, 0.05) is 18.0 Å². The van der Waals surface area contributed by atoms with Gasteiger partial charge in [-0.15, -0.1) is 0 Å². The standard InChI is InChI=1S/C10H8F3N3/c1-6-8(5-15-16-6)7-2-3-14-9(4-7)10(11,12)13/h2-5H,1H3,(H,15,16). The van der Waals surface area contributed by atoms with E-state index in [2.05, 4.69) is 15.2 Å². The Balaban J connectivity index is 2.49. The zero-order chi connectivity index (χ0) is 11.8. The fourth-order valence-corrected chi connectivity index (χ4v) is 1.40. The topological polar surface area (TPSA) is 41.6 Å². The molecule has 0 aliphatic rings. The number of aryl methyl sites for hydroxylation is 1. The molecule has 0 radical (unpaired) electrons. The zero-order valence-corrected chi connectivity index (χ0v) is 8.34. The average molecular weight is 227 g/mol. The van der Waals surface area contributed by atoms with Crippen LogP contribution in [0.5, 0.6) is 0 Å². The Morgan fingerprint density at radius 3 is 2.62 bits per heavy atom. The molecule has 2 aromatic heterocycles. The second-order valence-electron chi connectivity index (χ2n) is 3.31. The number of nitrogens with one attached hydrogen (secondary N) is 1. The van der Waals surface area contributed by atoms with E-state index in [4.69, 9.17) is 0 Å². The summed E-state index contributed by atoms with van der Waals surface area (Å²) in [7, 11) is 0. The van der Waals surface area contributed by atoms with Crippen LogP contribution in [0.15, 0.2) is 24.5 Å². The number of halogens is 3. The van der Waals surface area contributed by atoms with Crippen molar-refractivity contribution >= 4 is 0 Å². The fourth-order valence-electron chi connectivity index (χ4n) is 1.40. The number of rotatable bonds is 1. The first-order valence-corrected chi connectivity index (χ1v) is 4.52. The van der Waals surface area contributed by atoms with Gasteiger partial charge in [-0.1, -0.05) is 0 Å². The number of nitrogens with zero attached hydrogens (tertiary/aromatic N) is 2. The molecule has 0 aliphatic carbocycles. The Hall–Kier alpha value is -1.85. The minimum Gasteiger partial charge on any atom is -0.285 e. The predicted molar refractivity (Wildman–Crippen MR) is 51.6 cm³/mol. The Labute approximate surface area is 89.3 Å². The van der Waals surface area contributed by atoms with Crippen LogP contribution in [0.3, 0.4) is 0 Å². The van der Waals surface area contributed by atoms with Gasteiger partial charge in [0.05, 0.1) is 5.69 Å². The highest BCUT2D eigenvalue weighted by atomic mass is 19.4. The second kappa shape index (κ2) is 3.62. The van der Waals surface area contributed by atoms with Gasteiger partial charge in [0.15, 0.2) is 0 Å². The van der Waals surface area contributed by atoms with E-state index in [-0.39, 0.29) is 0 Å². The summed E-state index contributed by atoms with van der Waals surface area (Å²) in [6, 6.07) is 2.53. The summed E-state index contributed by atoms with van der Waals surface area (Å²) < 4.78 is 37.3. The van der Waals surface area contributed by atoms with Crippen LogP contribution in [0, 0.1) is 6.92 Å². The Morgan fingerprint density at radius 1 is 1.31 bits per heavy atom. The molecule has 2 heterocycles. The fraction of sp³-hybridized carbons (Fsp3) is 0.200. The molecular weight excluding hydrogens is 219 g/mol. The van der Waals surface area contributed by atoms with Crippen LogP contribution >= 0.6 is 0 Å². The van der Waals surface area contributed by atoms with Crippen LogP contribution in [-0.4, -0.2) is 15.2 Å². The van der Waals surface area contributed by atoms with Crippen LogP contribution in [0.4, 0.5) is 13.2 Å². The van der Waals surface area contributed by atoms with Crippen molar-refractivity contribution in [2.45, 2.75) is 13.1 Å². The van der Waals surface area contributed by atoms with Gasteiger partial charge >= 0.3 is 6.18 Å². The highest BCUT2D eigenvalue weighted by molar-refractivity contribution is 5.64. The van der Waals surface area contributed by atoms with Crippen LogP contribution < -0.4 is 0 Å². The lowest BCUT2D eigenvalue weighted by Gasteiger charge is -2.06. The minimum absolute atomic E-state index is 0.452. The minimum atomic E-state index is -4.42. The van der Waals surface area contributed by atoms with Crippen molar-refractivity contribution < 1.29 is 13.2 Å². The van der Waals surface area contributed by atoms with E-state index in [9.17, 15) is 13.2 Å². The lowest BCUT2D eigenvalue weighted by Crippen LogP contribution is -2.07. The molecule has 2 aromatic rings. The normalized spacial score (nSPS) is 11.8. The van der Waals surface area contributed by atoms with Gasteiger partial charge < -0.3 is 0 Å². The number of hydrogen-bond donors (Lipinski definition) is 1. The highest BCUT2D eigenvalue weighted by Gasteiger charge is 2.32. The zero-order valence-electron chi connectivity index (χ0n) is 8.34. The van der Waals surface area contributed by atoms with Gasteiger partial charge in [-0.2, -0.15) is 18.3 Å². The molecular formula is C10H8F3N3. The molecule has 0 unspecified atom stereocenters. The van der Waals surface area contributed by atoms with Gasteiger partial charge in [0.2, 0.25) is 0 Å². The smallest absolute Gasteiger partial charge is 0.285 e. The summed E-state index contributed by atoms with van der Waals surface area (Å²) in [6.07, 6.45) is -1.72. The maximum absolute atomic E-state index is 12.4. The van der Waals surface area contributed by atoms with E-state index in [1.165, 1.54) is 6.07 Å². The van der Waals surface area contributed by atoms with Gasteiger partial charge in [-0.3, -0.25) is 10.1 Å². The molecule has 0 aliphatic heterocycles. The van der Waals surface area contributed by atoms with Crippen molar-refractivity contribution in [2.75, 3.05) is 0 Å². The summed E-state index contributed by atoms with van der Waals surface area (Å²) >= 11 is 0. The molecule has 0 saturated heterocycles. The summed E-state index contributed by atoms with van der Waals surface area (Å²) in [4.78, 5) is 3.29. The maximum atomic E-state index is 12.4. The van der Waals surface area contributed by atoms with Crippen molar-refractivity contribution in [3.8, 4) is 11.1 Å². The van der Waals surface area contributed by atoms with E-state index >= 15 is 0 Å². The largest absolute Gasteiger partial charge is 0.433 e. The van der Waals surface area contributed by atoms with Crippen LogP contribution in [0.1, 0.15) is 11.4 Å². The monoisotopic (exact) mass is 227 g/mol. The SMILES string of the molecule is Cc1n[nH]cc1-c1ccnc(C(F)(F)F)c1. The molecule has 0 bridgehead atoms. The third-order valence-corrected chi connectivity index (χ3v) is 2.19. The predicted octanol–water partition coefficient (Wildman–Crippen LogP) is 2.80. The van der Waals surface area contributed by atoms with E-state index in [1.54, 1.807) is 13.1 Å². The molecule has 2 rings (SSSR count). The summed E-state index contributed by atoms with van der Waals surface area (Å²) in [5, 5.41) is 6.46. The molecule has 0 fully saturated rings. The summed E-state index contributed by atoms with van der Waals surface area (Å²) in [5.74, 6) is 0. The molecule has 0 saturated carbocycles. The molecule has 0 amide bonds. The Morgan fingerprint density at radius 2 is 2.06 bits per heavy atom. The number of H-pyrrole nitrogens is 1. The van der Waals surface area contributed by atoms with E-state index in [0.717, 1.165) is 12.3 Å². The van der Waals surface area contributed by atoms with E-state index < -0.39 is 11.9 Å². The maximum Gasteiger partial charge on any atom is 0.433 e. The van der Waals surface area contributed by atoms with Gasteiger partial charge in [0.1, 0.15) is 5.69 Å². The van der Waals surface area contributed by atoms with Crippen molar-refractivity contribution in [3.05, 3.63) is 35.9 Å². The third-order valence-electron chi connectivity index (χ3n) is 2.19.